The van der Waals surface area contributed by atoms with E-state index >= 15 is 0 Å². The predicted octanol–water partition coefficient (Wildman–Crippen LogP) is 3.91. The lowest BCUT2D eigenvalue weighted by Gasteiger charge is -2.32. The molecule has 1 amide bonds. The average molecular weight is 368 g/mol. The highest BCUT2D eigenvalue weighted by Crippen LogP contribution is 2.23. The maximum Gasteiger partial charge on any atom is 0.303 e. The number of hydrogen-bond acceptors (Lipinski definition) is 3. The Labute approximate surface area is 153 Å². The number of rotatable bonds is 8. The molecule has 0 bridgehead atoms. The van der Waals surface area contributed by atoms with Crippen LogP contribution < -0.4 is 4.74 Å². The fourth-order valence-electron chi connectivity index (χ4n) is 3.13. The van der Waals surface area contributed by atoms with Crippen molar-refractivity contribution in [1.82, 2.24) is 4.90 Å². The minimum atomic E-state index is -0.766. The molecule has 1 aliphatic rings. The Balaban J connectivity index is 1.68. The minimum Gasteiger partial charge on any atom is -0.494 e. The normalized spacial score (nSPS) is 17.4. The number of carboxylic acid groups (broad SMARTS) is 1. The molecule has 25 heavy (non-hydrogen) atoms. The van der Waals surface area contributed by atoms with Crippen molar-refractivity contribution >= 4 is 23.5 Å². The molecule has 1 atom stereocenters. The molecule has 5 nitrogen and oxygen atoms in total. The number of piperidine rings is 1. The molecular formula is C19H26ClNO4. The molecule has 0 aromatic heterocycles. The Morgan fingerprint density at radius 3 is 2.88 bits per heavy atom. The molecule has 1 aliphatic heterocycles. The van der Waals surface area contributed by atoms with Crippen molar-refractivity contribution in [3.63, 3.8) is 0 Å². The van der Waals surface area contributed by atoms with Crippen LogP contribution >= 0.6 is 11.6 Å². The first-order chi connectivity index (χ1) is 12.0. The third kappa shape index (κ3) is 6.58. The van der Waals surface area contributed by atoms with Crippen LogP contribution in [0.4, 0.5) is 0 Å². The van der Waals surface area contributed by atoms with Crippen LogP contribution in [0.25, 0.3) is 0 Å². The van der Waals surface area contributed by atoms with Crippen molar-refractivity contribution in [2.45, 2.75) is 45.4 Å². The molecule has 138 valence electrons. The Kier molecular flexibility index (Phi) is 7.56. The van der Waals surface area contributed by atoms with Crippen molar-refractivity contribution < 1.29 is 19.4 Å². The van der Waals surface area contributed by atoms with Gasteiger partial charge in [-0.15, -0.1) is 0 Å². The van der Waals surface area contributed by atoms with Gasteiger partial charge in [0.05, 0.1) is 6.61 Å². The van der Waals surface area contributed by atoms with E-state index in [9.17, 15) is 9.59 Å². The molecule has 1 fully saturated rings. The van der Waals surface area contributed by atoms with Gasteiger partial charge in [0.25, 0.3) is 0 Å². The molecule has 1 N–H and O–H groups in total. The van der Waals surface area contributed by atoms with E-state index in [-0.39, 0.29) is 12.3 Å². The third-order valence-electron chi connectivity index (χ3n) is 4.57. The quantitative estimate of drug-likeness (QED) is 0.707. The molecule has 0 spiro atoms. The second kappa shape index (κ2) is 9.66. The molecule has 0 aliphatic carbocycles. The Morgan fingerprint density at radius 2 is 2.16 bits per heavy atom. The highest BCUT2D eigenvalue weighted by molar-refractivity contribution is 6.31. The zero-order valence-corrected chi connectivity index (χ0v) is 15.4. The van der Waals surface area contributed by atoms with Crippen LogP contribution in [-0.2, 0) is 9.59 Å². The fourth-order valence-corrected chi connectivity index (χ4v) is 3.25. The minimum absolute atomic E-state index is 0.135. The standard InChI is InChI=1S/C19H26ClNO4/c1-14-12-16(7-8-17(14)20)25-11-3-5-18(22)21-10-2-4-15(13-21)6-9-19(23)24/h7-8,12,15H,2-6,9-11,13H2,1H3,(H,23,24). The molecule has 1 unspecified atom stereocenters. The number of carbonyl (C=O) groups excluding carboxylic acids is 1. The number of amides is 1. The van der Waals surface area contributed by atoms with E-state index in [1.54, 1.807) is 0 Å². The SMILES string of the molecule is Cc1cc(OCCCC(=O)N2CCCC(CCC(=O)O)C2)ccc1Cl. The number of carboxylic acids is 1. The number of hydrogen-bond donors (Lipinski definition) is 1. The molecule has 0 saturated carbocycles. The Bertz CT molecular complexity index is 605. The summed E-state index contributed by atoms with van der Waals surface area (Å²) in [6.45, 7) is 3.88. The van der Waals surface area contributed by atoms with Gasteiger partial charge in [0.15, 0.2) is 0 Å². The number of likely N-dealkylation sites (tertiary alicyclic amines) is 1. The van der Waals surface area contributed by atoms with E-state index in [0.29, 0.717) is 43.4 Å². The molecular weight excluding hydrogens is 342 g/mol. The number of carbonyl (C=O) groups is 2. The van der Waals surface area contributed by atoms with Crippen LogP contribution in [0.5, 0.6) is 5.75 Å². The number of aliphatic carboxylic acids is 1. The monoisotopic (exact) mass is 367 g/mol. The average Bonchev–Trinajstić information content (AvgIpc) is 2.60. The Morgan fingerprint density at radius 1 is 1.36 bits per heavy atom. The lowest BCUT2D eigenvalue weighted by Crippen LogP contribution is -2.40. The zero-order valence-electron chi connectivity index (χ0n) is 14.7. The van der Waals surface area contributed by atoms with Gasteiger partial charge in [-0.05, 0) is 62.3 Å². The van der Waals surface area contributed by atoms with Crippen LogP contribution in [0.3, 0.4) is 0 Å². The van der Waals surface area contributed by atoms with Gasteiger partial charge in [-0.2, -0.15) is 0 Å². The van der Waals surface area contributed by atoms with Gasteiger partial charge in [-0.3, -0.25) is 9.59 Å². The highest BCUT2D eigenvalue weighted by atomic mass is 35.5. The second-order valence-corrected chi connectivity index (χ2v) is 7.05. The van der Waals surface area contributed by atoms with E-state index in [1.165, 1.54) is 0 Å². The van der Waals surface area contributed by atoms with Gasteiger partial charge in [0.2, 0.25) is 5.91 Å². The van der Waals surface area contributed by atoms with Crippen molar-refractivity contribution in [3.05, 3.63) is 28.8 Å². The summed E-state index contributed by atoms with van der Waals surface area (Å²) >= 11 is 5.98. The topological polar surface area (TPSA) is 66.8 Å². The summed E-state index contributed by atoms with van der Waals surface area (Å²) < 4.78 is 5.67. The number of ether oxygens (including phenoxy) is 1. The number of benzene rings is 1. The largest absolute Gasteiger partial charge is 0.494 e. The van der Waals surface area contributed by atoms with Crippen LogP contribution in [0, 0.1) is 12.8 Å². The van der Waals surface area contributed by atoms with Gasteiger partial charge in [0.1, 0.15) is 5.75 Å². The number of halogens is 1. The van der Waals surface area contributed by atoms with Crippen molar-refractivity contribution in [1.29, 1.82) is 0 Å². The third-order valence-corrected chi connectivity index (χ3v) is 5.00. The predicted molar refractivity (Wildman–Crippen MR) is 97.1 cm³/mol. The number of nitrogens with zero attached hydrogens (tertiary/aromatic N) is 1. The van der Waals surface area contributed by atoms with Gasteiger partial charge in [0, 0.05) is 31.0 Å². The maximum atomic E-state index is 12.3. The summed E-state index contributed by atoms with van der Waals surface area (Å²) in [4.78, 5) is 24.9. The van der Waals surface area contributed by atoms with Crippen LogP contribution in [0.15, 0.2) is 18.2 Å². The summed E-state index contributed by atoms with van der Waals surface area (Å²) in [5.41, 5.74) is 0.968. The number of aryl methyl sites for hydroxylation is 1. The first-order valence-corrected chi connectivity index (χ1v) is 9.22. The van der Waals surface area contributed by atoms with Gasteiger partial charge >= 0.3 is 5.97 Å². The smallest absolute Gasteiger partial charge is 0.303 e. The Hall–Kier alpha value is -1.75. The summed E-state index contributed by atoms with van der Waals surface area (Å²) in [5, 5.41) is 9.50. The van der Waals surface area contributed by atoms with Crippen molar-refractivity contribution in [2.24, 2.45) is 5.92 Å². The summed E-state index contributed by atoms with van der Waals surface area (Å²) in [7, 11) is 0. The van der Waals surface area contributed by atoms with Crippen LogP contribution in [-0.4, -0.2) is 41.6 Å². The zero-order chi connectivity index (χ0) is 18.2. The fraction of sp³-hybridized carbons (Fsp3) is 0.579. The summed E-state index contributed by atoms with van der Waals surface area (Å²) in [6, 6.07) is 5.53. The molecule has 1 aromatic carbocycles. The highest BCUT2D eigenvalue weighted by Gasteiger charge is 2.23. The van der Waals surface area contributed by atoms with E-state index < -0.39 is 5.97 Å². The van der Waals surface area contributed by atoms with Crippen molar-refractivity contribution in [2.75, 3.05) is 19.7 Å². The first-order valence-electron chi connectivity index (χ1n) is 8.84. The van der Waals surface area contributed by atoms with Gasteiger partial charge in [-0.25, -0.2) is 0 Å². The molecule has 1 saturated heterocycles. The summed E-state index contributed by atoms with van der Waals surface area (Å²) in [6.07, 6.45) is 3.92. The molecule has 2 rings (SSSR count). The van der Waals surface area contributed by atoms with Gasteiger partial charge < -0.3 is 14.7 Å². The van der Waals surface area contributed by atoms with E-state index in [2.05, 4.69) is 0 Å². The second-order valence-electron chi connectivity index (χ2n) is 6.64. The molecule has 0 radical (unpaired) electrons. The molecule has 1 heterocycles. The first kappa shape index (κ1) is 19.6. The molecule has 1 aromatic rings. The van der Waals surface area contributed by atoms with E-state index in [1.807, 2.05) is 30.0 Å². The summed E-state index contributed by atoms with van der Waals surface area (Å²) in [5.74, 6) is 0.442. The molecule has 6 heteroatoms. The van der Waals surface area contributed by atoms with Crippen LogP contribution in [0.1, 0.15) is 44.1 Å². The lowest BCUT2D eigenvalue weighted by molar-refractivity contribution is -0.137. The lowest BCUT2D eigenvalue weighted by atomic mass is 9.93. The van der Waals surface area contributed by atoms with Crippen molar-refractivity contribution in [3.8, 4) is 5.75 Å². The van der Waals surface area contributed by atoms with E-state index in [0.717, 1.165) is 30.7 Å². The van der Waals surface area contributed by atoms with Gasteiger partial charge in [-0.1, -0.05) is 11.6 Å². The van der Waals surface area contributed by atoms with Crippen LogP contribution in [0.2, 0.25) is 5.02 Å². The maximum absolute atomic E-state index is 12.3. The van der Waals surface area contributed by atoms with E-state index in [4.69, 9.17) is 21.4 Å².